The maximum atomic E-state index is 13.1. The summed E-state index contributed by atoms with van der Waals surface area (Å²) in [5, 5.41) is 3.80. The molecule has 5 heteroatoms. The monoisotopic (exact) mass is 359 g/mol. The molecular weight excluding hydrogens is 338 g/mol. The fourth-order valence-electron chi connectivity index (χ4n) is 3.59. The Kier molecular flexibility index (Phi) is 4.83. The van der Waals surface area contributed by atoms with Crippen molar-refractivity contribution in [1.82, 2.24) is 9.88 Å². The minimum atomic E-state index is -0.198. The number of carbonyl (C=O) groups excluding carboxylic acids is 2. The van der Waals surface area contributed by atoms with E-state index < -0.39 is 0 Å². The number of hydrogen-bond acceptors (Lipinski definition) is 3. The van der Waals surface area contributed by atoms with Crippen LogP contribution in [0.15, 0.2) is 66.9 Å². The van der Waals surface area contributed by atoms with Gasteiger partial charge in [-0.1, -0.05) is 36.4 Å². The van der Waals surface area contributed by atoms with E-state index in [-0.39, 0.29) is 17.7 Å². The van der Waals surface area contributed by atoms with E-state index in [2.05, 4.69) is 10.3 Å². The molecule has 1 fully saturated rings. The molecule has 1 unspecified atom stereocenters. The number of pyridine rings is 1. The molecule has 1 aromatic heterocycles. The standard InChI is InChI=1S/C22H21N3O2/c26-21(24-17-8-2-1-3-9-17)16-7-6-14-25(15-16)22(27)19-12-13-23-20-11-5-4-10-18(19)20/h1-5,8-13,16H,6-7,14-15H2,(H,24,26). The van der Waals surface area contributed by atoms with Gasteiger partial charge >= 0.3 is 0 Å². The van der Waals surface area contributed by atoms with Crippen LogP contribution in [0, 0.1) is 5.92 Å². The Morgan fingerprint density at radius 1 is 1.00 bits per heavy atom. The number of nitrogens with zero attached hydrogens (tertiary/aromatic N) is 2. The van der Waals surface area contributed by atoms with E-state index in [0.717, 1.165) is 29.4 Å². The molecule has 1 aliphatic rings. The minimum Gasteiger partial charge on any atom is -0.338 e. The Labute approximate surface area is 158 Å². The zero-order valence-electron chi connectivity index (χ0n) is 15.0. The number of likely N-dealkylation sites (tertiary alicyclic amines) is 1. The number of carbonyl (C=O) groups is 2. The third kappa shape index (κ3) is 3.67. The Hall–Kier alpha value is -3.21. The van der Waals surface area contributed by atoms with Crippen molar-refractivity contribution in [2.24, 2.45) is 5.92 Å². The molecule has 1 aliphatic heterocycles. The van der Waals surface area contributed by atoms with Crippen molar-refractivity contribution >= 4 is 28.4 Å². The Balaban J connectivity index is 1.50. The predicted octanol–water partition coefficient (Wildman–Crippen LogP) is 3.73. The van der Waals surface area contributed by atoms with Crippen molar-refractivity contribution in [1.29, 1.82) is 0 Å². The Morgan fingerprint density at radius 2 is 1.78 bits per heavy atom. The van der Waals surface area contributed by atoms with Gasteiger partial charge in [0.2, 0.25) is 5.91 Å². The van der Waals surface area contributed by atoms with Crippen molar-refractivity contribution in [3.63, 3.8) is 0 Å². The lowest BCUT2D eigenvalue weighted by Crippen LogP contribution is -2.43. The highest BCUT2D eigenvalue weighted by atomic mass is 16.2. The molecular formula is C22H21N3O2. The number of hydrogen-bond donors (Lipinski definition) is 1. The molecule has 4 rings (SSSR count). The predicted molar refractivity (Wildman–Crippen MR) is 105 cm³/mol. The SMILES string of the molecule is O=C(Nc1ccccc1)C1CCCN(C(=O)c2ccnc3ccccc23)C1. The van der Waals surface area contributed by atoms with E-state index in [1.165, 1.54) is 0 Å². The lowest BCUT2D eigenvalue weighted by atomic mass is 9.96. The highest BCUT2D eigenvalue weighted by Crippen LogP contribution is 2.23. The van der Waals surface area contributed by atoms with Crippen molar-refractivity contribution in [2.45, 2.75) is 12.8 Å². The summed E-state index contributed by atoms with van der Waals surface area (Å²) in [6.45, 7) is 1.11. The van der Waals surface area contributed by atoms with Gasteiger partial charge in [0.15, 0.2) is 0 Å². The fraction of sp³-hybridized carbons (Fsp3) is 0.227. The Morgan fingerprint density at radius 3 is 2.63 bits per heavy atom. The second kappa shape index (κ2) is 7.58. The molecule has 0 bridgehead atoms. The van der Waals surface area contributed by atoms with Crippen molar-refractivity contribution in [2.75, 3.05) is 18.4 Å². The van der Waals surface area contributed by atoms with Crippen molar-refractivity contribution < 1.29 is 9.59 Å². The number of piperidine rings is 1. The van der Waals surface area contributed by atoms with Crippen LogP contribution in [0.25, 0.3) is 10.9 Å². The number of benzene rings is 2. The lowest BCUT2D eigenvalue weighted by Gasteiger charge is -2.32. The van der Waals surface area contributed by atoms with Crippen LogP contribution in [-0.2, 0) is 4.79 Å². The van der Waals surface area contributed by atoms with Crippen LogP contribution in [0.1, 0.15) is 23.2 Å². The second-order valence-corrected chi connectivity index (χ2v) is 6.82. The van der Waals surface area contributed by atoms with Crippen LogP contribution in [-0.4, -0.2) is 34.8 Å². The van der Waals surface area contributed by atoms with Gasteiger partial charge in [0.1, 0.15) is 0 Å². The minimum absolute atomic E-state index is 0.0294. The molecule has 0 radical (unpaired) electrons. The van der Waals surface area contributed by atoms with E-state index in [4.69, 9.17) is 0 Å². The molecule has 0 saturated carbocycles. The van der Waals surface area contributed by atoms with Gasteiger partial charge in [-0.05, 0) is 37.1 Å². The van der Waals surface area contributed by atoms with Crippen molar-refractivity contribution in [3.05, 3.63) is 72.4 Å². The summed E-state index contributed by atoms with van der Waals surface area (Å²) in [4.78, 5) is 31.8. The van der Waals surface area contributed by atoms with Gasteiger partial charge in [0.25, 0.3) is 5.91 Å². The molecule has 5 nitrogen and oxygen atoms in total. The van der Waals surface area contributed by atoms with Crippen LogP contribution in [0.4, 0.5) is 5.69 Å². The molecule has 0 aliphatic carbocycles. The van der Waals surface area contributed by atoms with E-state index in [1.807, 2.05) is 54.6 Å². The van der Waals surface area contributed by atoms with E-state index in [1.54, 1.807) is 17.2 Å². The van der Waals surface area contributed by atoms with Gasteiger partial charge in [0, 0.05) is 30.4 Å². The van der Waals surface area contributed by atoms with Crippen molar-refractivity contribution in [3.8, 4) is 0 Å². The summed E-state index contributed by atoms with van der Waals surface area (Å²) in [6, 6.07) is 18.8. The molecule has 136 valence electrons. The summed E-state index contributed by atoms with van der Waals surface area (Å²) in [6.07, 6.45) is 3.28. The molecule has 2 amide bonds. The van der Waals surface area contributed by atoms with Gasteiger partial charge < -0.3 is 10.2 Å². The first-order valence-corrected chi connectivity index (χ1v) is 9.21. The second-order valence-electron chi connectivity index (χ2n) is 6.82. The third-order valence-electron chi connectivity index (χ3n) is 5.00. The van der Waals surface area contributed by atoms with Crippen LogP contribution in [0.5, 0.6) is 0 Å². The molecule has 1 atom stereocenters. The van der Waals surface area contributed by atoms with Gasteiger partial charge in [-0.3, -0.25) is 14.6 Å². The fourth-order valence-corrected chi connectivity index (χ4v) is 3.59. The summed E-state index contributed by atoms with van der Waals surface area (Å²) in [7, 11) is 0. The van der Waals surface area contributed by atoms with Gasteiger partial charge in [-0.2, -0.15) is 0 Å². The largest absolute Gasteiger partial charge is 0.338 e. The number of amides is 2. The zero-order valence-corrected chi connectivity index (χ0v) is 15.0. The molecule has 27 heavy (non-hydrogen) atoms. The van der Waals surface area contributed by atoms with Gasteiger partial charge in [-0.25, -0.2) is 0 Å². The molecule has 3 aromatic rings. The van der Waals surface area contributed by atoms with E-state index in [0.29, 0.717) is 18.7 Å². The lowest BCUT2D eigenvalue weighted by molar-refractivity contribution is -0.121. The van der Waals surface area contributed by atoms with Crippen LogP contribution < -0.4 is 5.32 Å². The molecule has 0 spiro atoms. The van der Waals surface area contributed by atoms with Crippen LogP contribution >= 0.6 is 0 Å². The van der Waals surface area contributed by atoms with Crippen LogP contribution in [0.2, 0.25) is 0 Å². The smallest absolute Gasteiger partial charge is 0.254 e. The average molecular weight is 359 g/mol. The third-order valence-corrected chi connectivity index (χ3v) is 5.00. The Bertz CT molecular complexity index is 966. The highest BCUT2D eigenvalue weighted by Gasteiger charge is 2.29. The first kappa shape index (κ1) is 17.2. The molecule has 2 heterocycles. The maximum absolute atomic E-state index is 13.1. The molecule has 2 aromatic carbocycles. The summed E-state index contributed by atoms with van der Waals surface area (Å²) in [5.74, 6) is -0.264. The average Bonchev–Trinajstić information content (AvgIpc) is 2.73. The van der Waals surface area contributed by atoms with E-state index >= 15 is 0 Å². The maximum Gasteiger partial charge on any atom is 0.254 e. The summed E-state index contributed by atoms with van der Waals surface area (Å²) >= 11 is 0. The van der Waals surface area contributed by atoms with Gasteiger partial charge in [0.05, 0.1) is 17.0 Å². The topological polar surface area (TPSA) is 62.3 Å². The summed E-state index contributed by atoms with van der Waals surface area (Å²) < 4.78 is 0. The summed E-state index contributed by atoms with van der Waals surface area (Å²) in [5.41, 5.74) is 2.23. The highest BCUT2D eigenvalue weighted by molar-refractivity contribution is 6.06. The zero-order chi connectivity index (χ0) is 18.6. The number of aromatic nitrogens is 1. The first-order valence-electron chi connectivity index (χ1n) is 9.21. The number of nitrogens with one attached hydrogen (secondary N) is 1. The number of fused-ring (bicyclic) bond motifs is 1. The molecule has 1 N–H and O–H groups in total. The first-order chi connectivity index (χ1) is 13.2. The molecule has 1 saturated heterocycles. The quantitative estimate of drug-likeness (QED) is 0.775. The number of anilines is 1. The number of rotatable bonds is 3. The van der Waals surface area contributed by atoms with E-state index in [9.17, 15) is 9.59 Å². The van der Waals surface area contributed by atoms with Gasteiger partial charge in [-0.15, -0.1) is 0 Å². The normalized spacial score (nSPS) is 16.9. The number of para-hydroxylation sites is 2. The van der Waals surface area contributed by atoms with Crippen LogP contribution in [0.3, 0.4) is 0 Å².